The molecule has 0 saturated heterocycles. The van der Waals surface area contributed by atoms with Crippen LogP contribution in [0.2, 0.25) is 0 Å². The number of rotatable bonds is 2. The molecule has 0 bridgehead atoms. The number of nitrogens with zero attached hydrogens (tertiary/aromatic N) is 2. The van der Waals surface area contributed by atoms with Crippen LogP contribution in [0.25, 0.3) is 0 Å². The molecule has 17 heteroatoms. The molecule has 0 aromatic heterocycles. The number of ether oxygens (including phenoxy) is 1. The minimum Gasteiger partial charge on any atom is -0.741 e. The molecule has 0 spiro atoms. The van der Waals surface area contributed by atoms with Gasteiger partial charge in [-0.2, -0.15) is 26.3 Å². The summed E-state index contributed by atoms with van der Waals surface area (Å²) in [5, 5.41) is 0. The van der Waals surface area contributed by atoms with Crippen molar-refractivity contribution in [3.63, 3.8) is 0 Å². The van der Waals surface area contributed by atoms with Gasteiger partial charge in [-0.15, -0.1) is 0 Å². The Morgan fingerprint density at radius 3 is 0.960 bits per heavy atom. The van der Waals surface area contributed by atoms with E-state index in [-0.39, 0.29) is 0 Å². The van der Waals surface area contributed by atoms with Crippen LogP contribution in [0, 0.1) is 0 Å². The monoisotopic (exact) mass is 428 g/mol. The quantitative estimate of drug-likeness (QED) is 0.148. The van der Waals surface area contributed by atoms with E-state index in [9.17, 15) is 26.3 Å². The molecule has 0 radical (unpaired) electrons. The van der Waals surface area contributed by atoms with Crippen molar-refractivity contribution in [2.24, 2.45) is 0 Å². The Morgan fingerprint density at radius 2 is 0.880 bits per heavy atom. The molecule has 0 N–H and O–H groups in total. The molecule has 9 nitrogen and oxygen atoms in total. The second-order valence-electron chi connectivity index (χ2n) is 4.07. The van der Waals surface area contributed by atoms with Crippen molar-refractivity contribution < 1.29 is 66.2 Å². The summed E-state index contributed by atoms with van der Waals surface area (Å²) in [5.74, 6) is 0. The van der Waals surface area contributed by atoms with E-state index >= 15 is 0 Å². The maximum atomic E-state index is 10.7. The Morgan fingerprint density at radius 1 is 0.720 bits per heavy atom. The van der Waals surface area contributed by atoms with Crippen LogP contribution < -0.4 is 0 Å². The van der Waals surface area contributed by atoms with Crippen molar-refractivity contribution >= 4 is 33.0 Å². The van der Waals surface area contributed by atoms with Gasteiger partial charge in [0.05, 0.1) is 0 Å². The Balaban J connectivity index is -0.000000291. The first-order chi connectivity index (χ1) is 10.6. The Kier molecular flexibility index (Phi) is 11.9. The van der Waals surface area contributed by atoms with E-state index in [1.165, 1.54) is 0 Å². The fraction of sp³-hybridized carbons (Fsp3) is 0.750. The van der Waals surface area contributed by atoms with Gasteiger partial charge in [-0.05, 0) is 0 Å². The highest BCUT2D eigenvalue weighted by atomic mass is 32.2. The van der Waals surface area contributed by atoms with E-state index in [0.717, 1.165) is 0 Å². The van der Waals surface area contributed by atoms with E-state index in [1.807, 2.05) is 37.3 Å². The van der Waals surface area contributed by atoms with Gasteiger partial charge in [-0.25, -0.2) is 26.0 Å². The molecule has 0 heterocycles. The van der Waals surface area contributed by atoms with Crippen LogP contribution in [0.3, 0.4) is 0 Å². The van der Waals surface area contributed by atoms with Crippen LogP contribution in [-0.4, -0.2) is 87.1 Å². The van der Waals surface area contributed by atoms with Crippen molar-refractivity contribution in [1.82, 2.24) is 0 Å². The zero-order valence-corrected chi connectivity index (χ0v) is 14.6. The molecule has 152 valence electrons. The number of hydrogen-bond acceptors (Lipinski definition) is 7. The van der Waals surface area contributed by atoms with Crippen LogP contribution in [-0.2, 0) is 25.0 Å². The van der Waals surface area contributed by atoms with E-state index in [1.54, 1.807) is 12.8 Å². The lowest BCUT2D eigenvalue weighted by Gasteiger charge is -2.08. The van der Waals surface area contributed by atoms with Crippen LogP contribution in [0.1, 0.15) is 0 Å². The highest BCUT2D eigenvalue weighted by molar-refractivity contribution is 7.86. The first-order valence-corrected chi connectivity index (χ1v) is 8.14. The second-order valence-corrected chi connectivity index (χ2v) is 6.82. The van der Waals surface area contributed by atoms with Gasteiger partial charge in [0.2, 0.25) is 0 Å². The predicted molar refractivity (Wildman–Crippen MR) is 68.9 cm³/mol. The summed E-state index contributed by atoms with van der Waals surface area (Å²) >= 11 is 0. The number of alkyl halides is 6. The molecule has 0 atom stereocenters. The van der Waals surface area contributed by atoms with Crippen LogP contribution in [0.15, 0.2) is 0 Å². The van der Waals surface area contributed by atoms with Crippen molar-refractivity contribution in [3.05, 3.63) is 0 Å². The summed E-state index contributed by atoms with van der Waals surface area (Å²) in [6.07, 6.45) is 3.25. The summed E-state index contributed by atoms with van der Waals surface area (Å²) in [6, 6.07) is 0. The zero-order valence-electron chi connectivity index (χ0n) is 13.0. The average molecular weight is 428 g/mol. The molecule has 0 rings (SSSR count). The van der Waals surface area contributed by atoms with E-state index < -0.39 is 31.3 Å². The molecule has 0 aromatic carbocycles. The van der Waals surface area contributed by atoms with E-state index in [0.29, 0.717) is 0 Å². The predicted octanol–water partition coefficient (Wildman–Crippen LogP) is -0.293. The van der Waals surface area contributed by atoms with Crippen molar-refractivity contribution in [2.75, 3.05) is 28.2 Å². The molecule has 0 aromatic rings. The highest BCUT2D eigenvalue weighted by Gasteiger charge is 2.37. The molecular formula is C8H14F6N2O7S2. The summed E-state index contributed by atoms with van der Waals surface area (Å²) in [5.41, 5.74) is -11.3. The van der Waals surface area contributed by atoms with Gasteiger partial charge >= 0.3 is 23.8 Å². The summed E-state index contributed by atoms with van der Waals surface area (Å²) in [4.78, 5) is 0. The summed E-state index contributed by atoms with van der Waals surface area (Å²) < 4.78 is 126. The normalized spacial score (nSPS) is 11.8. The maximum Gasteiger partial charge on any atom is 0.485 e. The number of hydrogen-bond donors (Lipinski definition) is 0. The van der Waals surface area contributed by atoms with Gasteiger partial charge in [0.1, 0.15) is 28.2 Å². The smallest absolute Gasteiger partial charge is 0.485 e. The first-order valence-electron chi connectivity index (χ1n) is 5.32. The number of halogens is 6. The van der Waals surface area contributed by atoms with Gasteiger partial charge in [-0.3, -0.25) is 0 Å². The Labute approximate surface area is 139 Å². The summed E-state index contributed by atoms with van der Waals surface area (Å²) in [7, 11) is -4.56. The lowest BCUT2D eigenvalue weighted by atomic mass is 11.0. The molecule has 0 aliphatic rings. The Bertz CT molecular complexity index is 598. The molecule has 0 aliphatic heterocycles. The first kappa shape index (κ1) is 28.3. The largest absolute Gasteiger partial charge is 0.741 e. The fourth-order valence-corrected chi connectivity index (χ4v) is 0.271. The van der Waals surface area contributed by atoms with Gasteiger partial charge < -0.3 is 13.8 Å². The lowest BCUT2D eigenvalue weighted by molar-refractivity contribution is -0.477. The SMILES string of the molecule is C[N+](C)=COC=[N+](C)C.O=S(=O)([O-])C(F)(F)F.O=S(=O)([O-])C(F)(F)F. The Hall–Kier alpha value is -1.46. The van der Waals surface area contributed by atoms with E-state index in [2.05, 4.69) is 0 Å². The van der Waals surface area contributed by atoms with Crippen molar-refractivity contribution in [1.29, 1.82) is 0 Å². The molecule has 0 unspecified atom stereocenters. The van der Waals surface area contributed by atoms with Crippen LogP contribution >= 0.6 is 0 Å². The minimum absolute atomic E-state index is 1.62. The standard InChI is InChI=1S/C6H14N2O.2CHF3O3S/c1-7(2)5-9-6-8(3)4;2*2-1(3,4)8(5,6)7/h5-6H,1-4H3;2*(H,5,6,7)/q+2;;/p-2. The van der Waals surface area contributed by atoms with Gasteiger partial charge in [-0.1, -0.05) is 0 Å². The minimum atomic E-state index is -6.09. The van der Waals surface area contributed by atoms with E-state index in [4.69, 9.17) is 30.7 Å². The van der Waals surface area contributed by atoms with Crippen LogP contribution in [0.5, 0.6) is 0 Å². The third-order valence-electron chi connectivity index (χ3n) is 1.11. The molecule has 25 heavy (non-hydrogen) atoms. The van der Waals surface area contributed by atoms with Crippen molar-refractivity contribution in [2.45, 2.75) is 11.0 Å². The fourth-order valence-electron chi connectivity index (χ4n) is 0.271. The lowest BCUT2D eigenvalue weighted by Crippen LogP contribution is -2.21. The summed E-state index contributed by atoms with van der Waals surface area (Å²) in [6.45, 7) is 0. The molecular weight excluding hydrogens is 414 g/mol. The highest BCUT2D eigenvalue weighted by Crippen LogP contribution is 2.21. The average Bonchev–Trinajstić information content (AvgIpc) is 2.23. The second kappa shape index (κ2) is 10.5. The van der Waals surface area contributed by atoms with Gasteiger partial charge in [0, 0.05) is 0 Å². The van der Waals surface area contributed by atoms with Crippen molar-refractivity contribution in [3.8, 4) is 0 Å². The van der Waals surface area contributed by atoms with Gasteiger partial charge in [0.25, 0.3) is 0 Å². The third-order valence-corrected chi connectivity index (χ3v) is 2.24. The van der Waals surface area contributed by atoms with Crippen LogP contribution in [0.4, 0.5) is 26.3 Å². The third kappa shape index (κ3) is 18.7. The maximum absolute atomic E-state index is 10.7. The molecule has 0 amide bonds. The zero-order chi connectivity index (χ0) is 21.3. The molecule has 0 fully saturated rings. The molecule has 0 saturated carbocycles. The molecule has 0 aliphatic carbocycles. The topological polar surface area (TPSA) is 130 Å². The van der Waals surface area contributed by atoms with Gasteiger partial charge in [0.15, 0.2) is 20.2 Å².